The molecule has 0 aliphatic rings. The maximum absolute atomic E-state index is 10.2. The van der Waals surface area contributed by atoms with Gasteiger partial charge in [-0.3, -0.25) is 4.90 Å². The Hall–Kier alpha value is -1.14. The lowest BCUT2D eigenvalue weighted by Crippen LogP contribution is -2.36. The average molecular weight is 325 g/mol. The van der Waals surface area contributed by atoms with Crippen molar-refractivity contribution in [2.75, 3.05) is 47.1 Å². The molecule has 1 N–H and O–H groups in total. The van der Waals surface area contributed by atoms with Crippen LogP contribution >= 0.6 is 0 Å². The van der Waals surface area contributed by atoms with E-state index in [1.165, 1.54) is 5.56 Å². The summed E-state index contributed by atoms with van der Waals surface area (Å²) in [6.07, 6.45) is -0.496. The Morgan fingerprint density at radius 3 is 2.35 bits per heavy atom. The van der Waals surface area contributed by atoms with E-state index < -0.39 is 6.10 Å². The van der Waals surface area contributed by atoms with E-state index >= 15 is 0 Å². The molecule has 0 heterocycles. The van der Waals surface area contributed by atoms with Crippen LogP contribution in [0.2, 0.25) is 0 Å². The van der Waals surface area contributed by atoms with Gasteiger partial charge < -0.3 is 19.3 Å². The maximum Gasteiger partial charge on any atom is 0.118 e. The number of aliphatic hydroxyl groups is 1. The Morgan fingerprint density at radius 2 is 1.78 bits per heavy atom. The van der Waals surface area contributed by atoms with Crippen LogP contribution in [0.3, 0.4) is 0 Å². The predicted molar refractivity (Wildman–Crippen MR) is 91.8 cm³/mol. The minimum Gasteiger partial charge on any atom is -0.497 e. The molecule has 0 aliphatic carbocycles. The summed E-state index contributed by atoms with van der Waals surface area (Å²) < 4.78 is 15.9. The van der Waals surface area contributed by atoms with Crippen molar-refractivity contribution in [3.63, 3.8) is 0 Å². The lowest BCUT2D eigenvalue weighted by Gasteiger charge is -2.25. The number of ether oxygens (including phenoxy) is 3. The second-order valence-electron chi connectivity index (χ2n) is 6.16. The molecule has 5 nitrogen and oxygen atoms in total. The number of aliphatic hydroxyl groups excluding tert-OH is 1. The van der Waals surface area contributed by atoms with Gasteiger partial charge in [-0.2, -0.15) is 0 Å². The number of hydrogen-bond donors (Lipinski definition) is 1. The van der Waals surface area contributed by atoms with Gasteiger partial charge in [0.25, 0.3) is 0 Å². The number of benzene rings is 1. The van der Waals surface area contributed by atoms with Crippen molar-refractivity contribution in [1.29, 1.82) is 0 Å². The first-order valence-electron chi connectivity index (χ1n) is 8.15. The molecule has 0 saturated carbocycles. The van der Waals surface area contributed by atoms with E-state index in [9.17, 15) is 5.11 Å². The van der Waals surface area contributed by atoms with Crippen molar-refractivity contribution < 1.29 is 19.3 Å². The van der Waals surface area contributed by atoms with Gasteiger partial charge in [0.2, 0.25) is 0 Å². The Morgan fingerprint density at radius 1 is 1.09 bits per heavy atom. The number of methoxy groups -OCH3 is 2. The average Bonchev–Trinajstić information content (AvgIpc) is 2.53. The highest BCUT2D eigenvalue weighted by atomic mass is 16.5. The van der Waals surface area contributed by atoms with Crippen molar-refractivity contribution in [3.05, 3.63) is 29.8 Å². The third-order valence-electron chi connectivity index (χ3n) is 3.41. The zero-order valence-electron chi connectivity index (χ0n) is 14.8. The third kappa shape index (κ3) is 8.91. The molecule has 0 radical (unpaired) electrons. The summed E-state index contributed by atoms with van der Waals surface area (Å²) in [5.41, 5.74) is 1.18. The Balaban J connectivity index is 2.49. The van der Waals surface area contributed by atoms with Gasteiger partial charge in [0.1, 0.15) is 5.75 Å². The van der Waals surface area contributed by atoms with Crippen molar-refractivity contribution in [1.82, 2.24) is 4.90 Å². The highest BCUT2D eigenvalue weighted by Gasteiger charge is 2.13. The SMILES string of the molecule is COCCN(Cc1ccc(OC)cc1)CC(O)COCC(C)C. The van der Waals surface area contributed by atoms with Gasteiger partial charge in [-0.05, 0) is 23.6 Å². The van der Waals surface area contributed by atoms with Crippen LogP contribution in [0.5, 0.6) is 5.75 Å². The molecule has 0 fully saturated rings. The molecule has 23 heavy (non-hydrogen) atoms. The Kier molecular flexibility index (Phi) is 9.87. The fraction of sp³-hybridized carbons (Fsp3) is 0.667. The molecule has 1 unspecified atom stereocenters. The first-order chi connectivity index (χ1) is 11.0. The van der Waals surface area contributed by atoms with Crippen LogP contribution in [0, 0.1) is 5.92 Å². The molecule has 0 saturated heterocycles. The summed E-state index contributed by atoms with van der Waals surface area (Å²) in [4.78, 5) is 2.18. The van der Waals surface area contributed by atoms with Crippen LogP contribution in [0.15, 0.2) is 24.3 Å². The van der Waals surface area contributed by atoms with E-state index in [0.29, 0.717) is 32.3 Å². The van der Waals surface area contributed by atoms with Gasteiger partial charge in [0, 0.05) is 33.4 Å². The standard InChI is InChI=1S/C18H31NO4/c1-15(2)13-23-14-17(20)12-19(9-10-21-3)11-16-5-7-18(22-4)8-6-16/h5-8,15,17,20H,9-14H2,1-4H3. The molecule has 1 aromatic carbocycles. The maximum atomic E-state index is 10.2. The highest BCUT2D eigenvalue weighted by Crippen LogP contribution is 2.13. The normalized spacial score (nSPS) is 12.8. The van der Waals surface area contributed by atoms with Crippen molar-refractivity contribution in [3.8, 4) is 5.75 Å². The minimum absolute atomic E-state index is 0.365. The largest absolute Gasteiger partial charge is 0.497 e. The summed E-state index contributed by atoms with van der Waals surface area (Å²) in [5, 5.41) is 10.2. The molecule has 1 atom stereocenters. The molecule has 0 aliphatic heterocycles. The van der Waals surface area contributed by atoms with E-state index in [4.69, 9.17) is 14.2 Å². The first kappa shape index (κ1) is 19.9. The van der Waals surface area contributed by atoms with Crippen LogP contribution in [0.25, 0.3) is 0 Å². The smallest absolute Gasteiger partial charge is 0.118 e. The zero-order valence-corrected chi connectivity index (χ0v) is 14.8. The predicted octanol–water partition coefficient (Wildman–Crippen LogP) is 2.18. The lowest BCUT2D eigenvalue weighted by atomic mass is 10.2. The fourth-order valence-corrected chi connectivity index (χ4v) is 2.23. The van der Waals surface area contributed by atoms with Crippen molar-refractivity contribution in [2.45, 2.75) is 26.5 Å². The second kappa shape index (κ2) is 11.4. The minimum atomic E-state index is -0.496. The van der Waals surface area contributed by atoms with Gasteiger partial charge >= 0.3 is 0 Å². The lowest BCUT2D eigenvalue weighted by molar-refractivity contribution is 0.00336. The van der Waals surface area contributed by atoms with E-state index in [1.54, 1.807) is 14.2 Å². The molecule has 0 spiro atoms. The van der Waals surface area contributed by atoms with Crippen LogP contribution in [-0.4, -0.2) is 63.2 Å². The summed E-state index contributed by atoms with van der Waals surface area (Å²) >= 11 is 0. The molecule has 132 valence electrons. The summed E-state index contributed by atoms with van der Waals surface area (Å²) in [7, 11) is 3.35. The summed E-state index contributed by atoms with van der Waals surface area (Å²) in [6, 6.07) is 7.98. The molecule has 1 aromatic rings. The topological polar surface area (TPSA) is 51.2 Å². The van der Waals surface area contributed by atoms with Crippen molar-refractivity contribution in [2.24, 2.45) is 5.92 Å². The summed E-state index contributed by atoms with van der Waals surface area (Å²) in [5.74, 6) is 1.32. The quantitative estimate of drug-likeness (QED) is 0.638. The van der Waals surface area contributed by atoms with E-state index in [1.807, 2.05) is 24.3 Å². The Bertz CT molecular complexity index is 408. The van der Waals surface area contributed by atoms with Gasteiger partial charge in [-0.25, -0.2) is 0 Å². The van der Waals surface area contributed by atoms with E-state index in [-0.39, 0.29) is 0 Å². The van der Waals surface area contributed by atoms with Gasteiger partial charge in [0.05, 0.1) is 26.4 Å². The second-order valence-corrected chi connectivity index (χ2v) is 6.16. The van der Waals surface area contributed by atoms with Crippen LogP contribution < -0.4 is 4.74 Å². The van der Waals surface area contributed by atoms with E-state index in [2.05, 4.69) is 18.7 Å². The summed E-state index contributed by atoms with van der Waals surface area (Å²) in [6.45, 7) is 7.96. The van der Waals surface area contributed by atoms with E-state index in [0.717, 1.165) is 18.8 Å². The third-order valence-corrected chi connectivity index (χ3v) is 3.41. The molecular weight excluding hydrogens is 294 g/mol. The molecular formula is C18H31NO4. The van der Waals surface area contributed by atoms with Gasteiger partial charge in [0.15, 0.2) is 0 Å². The van der Waals surface area contributed by atoms with Crippen LogP contribution in [0.4, 0.5) is 0 Å². The fourth-order valence-electron chi connectivity index (χ4n) is 2.23. The van der Waals surface area contributed by atoms with Crippen LogP contribution in [-0.2, 0) is 16.0 Å². The number of hydrogen-bond acceptors (Lipinski definition) is 5. The number of nitrogens with zero attached hydrogens (tertiary/aromatic N) is 1. The zero-order chi connectivity index (χ0) is 17.1. The molecule has 1 rings (SSSR count). The molecule has 0 amide bonds. The monoisotopic (exact) mass is 325 g/mol. The molecule has 5 heteroatoms. The Labute approximate surface area is 140 Å². The van der Waals surface area contributed by atoms with Gasteiger partial charge in [-0.1, -0.05) is 26.0 Å². The van der Waals surface area contributed by atoms with Crippen molar-refractivity contribution >= 4 is 0 Å². The molecule has 0 aromatic heterocycles. The highest BCUT2D eigenvalue weighted by molar-refractivity contribution is 5.27. The van der Waals surface area contributed by atoms with Gasteiger partial charge in [-0.15, -0.1) is 0 Å². The number of rotatable bonds is 12. The molecule has 0 bridgehead atoms. The first-order valence-corrected chi connectivity index (χ1v) is 8.15. The van der Waals surface area contributed by atoms with Crippen LogP contribution in [0.1, 0.15) is 19.4 Å².